The number of amides is 2. The Hall–Kier alpha value is -3.25. The molecule has 3 aromatic carbocycles. The van der Waals surface area contributed by atoms with E-state index in [-0.39, 0.29) is 30.5 Å². The molecule has 0 radical (unpaired) electrons. The normalized spacial score (nSPS) is 14.5. The molecule has 1 atom stereocenters. The molecule has 4 rings (SSSR count). The van der Waals surface area contributed by atoms with Crippen molar-refractivity contribution in [1.29, 1.82) is 0 Å². The van der Waals surface area contributed by atoms with Gasteiger partial charge in [0.25, 0.3) is 0 Å². The number of hydrogen-bond donors (Lipinski definition) is 1. The van der Waals surface area contributed by atoms with Crippen molar-refractivity contribution in [2.75, 3.05) is 11.9 Å². The third-order valence-electron chi connectivity index (χ3n) is 6.82. The molecule has 1 unspecified atom stereocenters. The Morgan fingerprint density at radius 1 is 0.919 bits per heavy atom. The summed E-state index contributed by atoms with van der Waals surface area (Å²) in [7, 11) is 0. The minimum Gasteiger partial charge on any atom is -0.466 e. The molecule has 1 aliphatic carbocycles. The Labute approximate surface area is 224 Å². The summed E-state index contributed by atoms with van der Waals surface area (Å²) < 4.78 is 5.02. The lowest BCUT2D eigenvalue weighted by Crippen LogP contribution is -2.45. The highest BCUT2D eigenvalue weighted by Crippen LogP contribution is 2.32. The van der Waals surface area contributed by atoms with Gasteiger partial charge >= 0.3 is 12.0 Å². The van der Waals surface area contributed by atoms with Crippen LogP contribution in [0.2, 0.25) is 0 Å². The summed E-state index contributed by atoms with van der Waals surface area (Å²) >= 11 is 1.64. The third-order valence-corrected chi connectivity index (χ3v) is 7.84. The van der Waals surface area contributed by atoms with E-state index in [1.807, 2.05) is 73.7 Å². The topological polar surface area (TPSA) is 58.6 Å². The highest BCUT2D eigenvalue weighted by molar-refractivity contribution is 7.99. The minimum absolute atomic E-state index is 0.00549. The highest BCUT2D eigenvalue weighted by Gasteiger charge is 2.30. The van der Waals surface area contributed by atoms with Crippen LogP contribution in [0.1, 0.15) is 63.1 Å². The summed E-state index contributed by atoms with van der Waals surface area (Å²) in [5.74, 6) is -0.208. The van der Waals surface area contributed by atoms with E-state index in [1.54, 1.807) is 11.8 Å². The fourth-order valence-electron chi connectivity index (χ4n) is 4.89. The van der Waals surface area contributed by atoms with Crippen molar-refractivity contribution >= 4 is 29.4 Å². The van der Waals surface area contributed by atoms with Crippen LogP contribution in [0.25, 0.3) is 0 Å². The number of benzene rings is 3. The van der Waals surface area contributed by atoms with Crippen LogP contribution in [0.15, 0.2) is 88.7 Å². The highest BCUT2D eigenvalue weighted by atomic mass is 32.2. The van der Waals surface area contributed by atoms with Crippen molar-refractivity contribution < 1.29 is 14.3 Å². The lowest BCUT2D eigenvalue weighted by Gasteiger charge is -2.38. The van der Waals surface area contributed by atoms with Crippen LogP contribution in [-0.2, 0) is 16.0 Å². The first kappa shape index (κ1) is 26.8. The summed E-state index contributed by atoms with van der Waals surface area (Å²) in [4.78, 5) is 29.4. The molecule has 1 aliphatic rings. The van der Waals surface area contributed by atoms with E-state index in [4.69, 9.17) is 4.74 Å². The zero-order valence-corrected chi connectivity index (χ0v) is 22.5. The number of ether oxygens (including phenoxy) is 1. The van der Waals surface area contributed by atoms with Crippen LogP contribution in [0.4, 0.5) is 10.5 Å². The molecule has 6 heteroatoms. The maximum absolute atomic E-state index is 13.5. The van der Waals surface area contributed by atoms with E-state index in [2.05, 4.69) is 29.3 Å². The molecule has 1 fully saturated rings. The monoisotopic (exact) mass is 516 g/mol. The van der Waals surface area contributed by atoms with Gasteiger partial charge in [-0.15, -0.1) is 0 Å². The number of esters is 1. The van der Waals surface area contributed by atoms with Crippen molar-refractivity contribution in [3.63, 3.8) is 0 Å². The number of carbonyl (C=O) groups excluding carboxylic acids is 2. The van der Waals surface area contributed by atoms with Crippen LogP contribution >= 0.6 is 11.8 Å². The third kappa shape index (κ3) is 7.62. The van der Waals surface area contributed by atoms with Crippen LogP contribution in [-0.4, -0.2) is 29.5 Å². The van der Waals surface area contributed by atoms with Gasteiger partial charge in [-0.3, -0.25) is 4.79 Å². The number of carbonyl (C=O) groups is 2. The van der Waals surface area contributed by atoms with E-state index < -0.39 is 0 Å². The number of urea groups is 1. The number of nitrogens with one attached hydrogen (secondary N) is 1. The van der Waals surface area contributed by atoms with Gasteiger partial charge in [0, 0.05) is 21.5 Å². The Morgan fingerprint density at radius 2 is 1.54 bits per heavy atom. The maximum Gasteiger partial charge on any atom is 0.322 e. The number of rotatable bonds is 9. The van der Waals surface area contributed by atoms with Gasteiger partial charge < -0.3 is 15.0 Å². The van der Waals surface area contributed by atoms with Crippen LogP contribution in [0, 0.1) is 0 Å². The first-order valence-electron chi connectivity index (χ1n) is 13.2. The molecule has 2 amide bonds. The SMILES string of the molecule is CCOC(=O)Cc1ccc(Sc2ccc(NC(=O)N(C3CCCCC3)C(C)c3ccccc3)cc2)cc1. The van der Waals surface area contributed by atoms with Crippen molar-refractivity contribution in [2.45, 2.75) is 74.2 Å². The van der Waals surface area contributed by atoms with Gasteiger partial charge in [0.2, 0.25) is 0 Å². The largest absolute Gasteiger partial charge is 0.466 e. The van der Waals surface area contributed by atoms with E-state index in [1.165, 1.54) is 19.3 Å². The lowest BCUT2D eigenvalue weighted by atomic mass is 9.92. The molecule has 37 heavy (non-hydrogen) atoms. The van der Waals surface area contributed by atoms with Gasteiger partial charge in [0.1, 0.15) is 0 Å². The smallest absolute Gasteiger partial charge is 0.322 e. The lowest BCUT2D eigenvalue weighted by molar-refractivity contribution is -0.142. The average Bonchev–Trinajstić information content (AvgIpc) is 2.92. The molecule has 0 bridgehead atoms. The van der Waals surface area contributed by atoms with Gasteiger partial charge in [-0.2, -0.15) is 0 Å². The molecular weight excluding hydrogens is 480 g/mol. The van der Waals surface area contributed by atoms with Crippen LogP contribution in [0.3, 0.4) is 0 Å². The summed E-state index contributed by atoms with van der Waals surface area (Å²) in [5.41, 5.74) is 2.89. The molecule has 3 aromatic rings. The molecule has 5 nitrogen and oxygen atoms in total. The first-order valence-corrected chi connectivity index (χ1v) is 14.0. The molecule has 1 saturated carbocycles. The van der Waals surface area contributed by atoms with Crippen LogP contribution < -0.4 is 5.32 Å². The van der Waals surface area contributed by atoms with Crippen molar-refractivity contribution in [2.24, 2.45) is 0 Å². The molecule has 194 valence electrons. The molecule has 1 N–H and O–H groups in total. The van der Waals surface area contributed by atoms with E-state index in [0.29, 0.717) is 6.61 Å². The number of hydrogen-bond acceptors (Lipinski definition) is 4. The molecule has 0 aromatic heterocycles. The number of nitrogens with zero attached hydrogens (tertiary/aromatic N) is 1. The molecular formula is C31H36N2O3S. The average molecular weight is 517 g/mol. The van der Waals surface area contributed by atoms with Gasteiger partial charge in [-0.25, -0.2) is 4.79 Å². The van der Waals surface area contributed by atoms with E-state index in [9.17, 15) is 9.59 Å². The van der Waals surface area contributed by atoms with Gasteiger partial charge in [0.15, 0.2) is 0 Å². The Kier molecular flexibility index (Phi) is 9.66. The number of anilines is 1. The summed E-state index contributed by atoms with van der Waals surface area (Å²) in [5, 5.41) is 3.15. The second-order valence-electron chi connectivity index (χ2n) is 9.47. The van der Waals surface area contributed by atoms with Crippen LogP contribution in [0.5, 0.6) is 0 Å². The molecule has 0 heterocycles. The molecule has 0 aliphatic heterocycles. The zero-order valence-electron chi connectivity index (χ0n) is 21.7. The fraction of sp³-hybridized carbons (Fsp3) is 0.355. The first-order chi connectivity index (χ1) is 18.0. The molecule has 0 spiro atoms. The van der Waals surface area contributed by atoms with Crippen molar-refractivity contribution in [1.82, 2.24) is 4.90 Å². The second kappa shape index (κ2) is 13.3. The fourth-order valence-corrected chi connectivity index (χ4v) is 5.71. The zero-order chi connectivity index (χ0) is 26.0. The van der Waals surface area contributed by atoms with Crippen molar-refractivity contribution in [3.8, 4) is 0 Å². The van der Waals surface area contributed by atoms with E-state index in [0.717, 1.165) is 39.4 Å². The standard InChI is InChI=1S/C31H36N2O3S/c1-3-36-30(34)22-24-14-18-28(19-15-24)37-29-20-16-26(17-21-29)32-31(35)33(27-12-8-5-9-13-27)23(2)25-10-6-4-7-11-25/h4,6-7,10-11,14-21,23,27H,3,5,8-9,12-13,22H2,1-2H3,(H,32,35). The Bertz CT molecular complexity index is 1140. The maximum atomic E-state index is 13.5. The Balaban J connectivity index is 1.39. The van der Waals surface area contributed by atoms with Crippen molar-refractivity contribution in [3.05, 3.63) is 90.0 Å². The van der Waals surface area contributed by atoms with Gasteiger partial charge in [0.05, 0.1) is 19.1 Å². The summed E-state index contributed by atoms with van der Waals surface area (Å²) in [6, 6.07) is 26.4. The van der Waals surface area contributed by atoms with E-state index >= 15 is 0 Å². The predicted molar refractivity (Wildman–Crippen MR) is 150 cm³/mol. The summed E-state index contributed by atoms with van der Waals surface area (Å²) in [6.07, 6.45) is 5.99. The minimum atomic E-state index is -0.208. The predicted octanol–water partition coefficient (Wildman–Crippen LogP) is 7.87. The Morgan fingerprint density at radius 3 is 2.16 bits per heavy atom. The molecule has 0 saturated heterocycles. The summed E-state index contributed by atoms with van der Waals surface area (Å²) in [6.45, 7) is 4.33. The second-order valence-corrected chi connectivity index (χ2v) is 10.6. The van der Waals surface area contributed by atoms with Gasteiger partial charge in [-0.1, -0.05) is 73.5 Å². The van der Waals surface area contributed by atoms with Gasteiger partial charge in [-0.05, 0) is 74.2 Å². The quantitative estimate of drug-likeness (QED) is 0.294.